The van der Waals surface area contributed by atoms with E-state index in [4.69, 9.17) is 0 Å². The van der Waals surface area contributed by atoms with Gasteiger partial charge in [0.2, 0.25) is 0 Å². The van der Waals surface area contributed by atoms with Gasteiger partial charge in [0.25, 0.3) is 5.91 Å². The average molecular weight is 268 g/mol. The van der Waals surface area contributed by atoms with Crippen molar-refractivity contribution in [3.63, 3.8) is 0 Å². The summed E-state index contributed by atoms with van der Waals surface area (Å²) in [5.74, 6) is 0.0136. The van der Waals surface area contributed by atoms with E-state index in [0.717, 1.165) is 19.4 Å². The van der Waals surface area contributed by atoms with E-state index in [1.807, 2.05) is 36.0 Å². The summed E-state index contributed by atoms with van der Waals surface area (Å²) in [4.78, 5) is 12.2. The molecule has 1 aliphatic carbocycles. The number of aryl methyl sites for hydroxylation is 1. The molecule has 0 saturated heterocycles. The van der Waals surface area contributed by atoms with Gasteiger partial charge in [0.1, 0.15) is 5.69 Å². The Morgan fingerprint density at radius 3 is 2.50 bits per heavy atom. The maximum atomic E-state index is 12.2. The van der Waals surface area contributed by atoms with E-state index in [1.54, 1.807) is 0 Å². The lowest BCUT2D eigenvalue weighted by Gasteiger charge is -2.42. The second-order valence-corrected chi connectivity index (χ2v) is 5.69. The lowest BCUT2D eigenvalue weighted by molar-refractivity contribution is 0.0919. The van der Waals surface area contributed by atoms with Crippen LogP contribution in [-0.2, 0) is 12.5 Å². The van der Waals surface area contributed by atoms with Gasteiger partial charge in [-0.1, -0.05) is 36.8 Å². The standard InChI is InChI=1S/C17H20N2O/c1-19-12-5-9-15(19)16(20)18-13-17(10-6-11-17)14-7-3-2-4-8-14/h2-5,7-9,12H,6,10-11,13H2,1H3,(H,18,20). The van der Waals surface area contributed by atoms with Gasteiger partial charge in [-0.25, -0.2) is 0 Å². The molecule has 1 fully saturated rings. The highest BCUT2D eigenvalue weighted by atomic mass is 16.1. The molecule has 1 aromatic carbocycles. The molecule has 3 nitrogen and oxygen atoms in total. The molecule has 1 aromatic heterocycles. The lowest BCUT2D eigenvalue weighted by Crippen LogP contribution is -2.45. The number of hydrogen-bond donors (Lipinski definition) is 1. The molecule has 1 N–H and O–H groups in total. The van der Waals surface area contributed by atoms with Crippen LogP contribution in [0, 0.1) is 0 Å². The summed E-state index contributed by atoms with van der Waals surface area (Å²) in [6.07, 6.45) is 5.45. The van der Waals surface area contributed by atoms with E-state index in [2.05, 4.69) is 29.6 Å². The van der Waals surface area contributed by atoms with Gasteiger partial charge < -0.3 is 9.88 Å². The second kappa shape index (κ2) is 5.16. The predicted molar refractivity (Wildman–Crippen MR) is 79.7 cm³/mol. The first-order chi connectivity index (χ1) is 9.71. The van der Waals surface area contributed by atoms with Gasteiger partial charge in [-0.3, -0.25) is 4.79 Å². The molecule has 0 atom stereocenters. The van der Waals surface area contributed by atoms with Crippen LogP contribution in [0.1, 0.15) is 35.3 Å². The van der Waals surface area contributed by atoms with Crippen molar-refractivity contribution in [3.05, 3.63) is 59.9 Å². The van der Waals surface area contributed by atoms with Gasteiger partial charge >= 0.3 is 0 Å². The first-order valence-electron chi connectivity index (χ1n) is 7.16. The fourth-order valence-corrected chi connectivity index (χ4v) is 3.00. The summed E-state index contributed by atoms with van der Waals surface area (Å²) in [6.45, 7) is 0.723. The summed E-state index contributed by atoms with van der Waals surface area (Å²) in [5, 5.41) is 3.11. The average Bonchev–Trinajstić information content (AvgIpc) is 2.85. The summed E-state index contributed by atoms with van der Waals surface area (Å²) in [6, 6.07) is 14.3. The number of carbonyl (C=O) groups is 1. The number of benzene rings is 1. The molecule has 0 radical (unpaired) electrons. The molecule has 0 aliphatic heterocycles. The van der Waals surface area contributed by atoms with Crippen molar-refractivity contribution in [1.29, 1.82) is 0 Å². The van der Waals surface area contributed by atoms with E-state index < -0.39 is 0 Å². The molecule has 1 saturated carbocycles. The maximum Gasteiger partial charge on any atom is 0.267 e. The van der Waals surface area contributed by atoms with Crippen molar-refractivity contribution in [2.45, 2.75) is 24.7 Å². The van der Waals surface area contributed by atoms with Gasteiger partial charge in [0.05, 0.1) is 0 Å². The highest BCUT2D eigenvalue weighted by molar-refractivity contribution is 5.92. The Bertz CT molecular complexity index is 596. The Hall–Kier alpha value is -2.03. The van der Waals surface area contributed by atoms with Crippen LogP contribution in [-0.4, -0.2) is 17.0 Å². The van der Waals surface area contributed by atoms with Crippen molar-refractivity contribution >= 4 is 5.91 Å². The Kier molecular flexibility index (Phi) is 3.35. The van der Waals surface area contributed by atoms with Gasteiger partial charge in [-0.05, 0) is 30.5 Å². The van der Waals surface area contributed by atoms with Crippen LogP contribution in [0.5, 0.6) is 0 Å². The predicted octanol–water partition coefficient (Wildman–Crippen LogP) is 2.88. The van der Waals surface area contributed by atoms with Crippen molar-refractivity contribution < 1.29 is 4.79 Å². The fraction of sp³-hybridized carbons (Fsp3) is 0.353. The summed E-state index contributed by atoms with van der Waals surface area (Å²) >= 11 is 0. The quantitative estimate of drug-likeness (QED) is 0.909. The van der Waals surface area contributed by atoms with E-state index in [-0.39, 0.29) is 11.3 Å². The molecule has 1 amide bonds. The molecule has 0 spiro atoms. The zero-order chi connectivity index (χ0) is 14.0. The van der Waals surface area contributed by atoms with Crippen LogP contribution in [0.3, 0.4) is 0 Å². The Morgan fingerprint density at radius 2 is 1.95 bits per heavy atom. The number of amides is 1. The third kappa shape index (κ3) is 2.24. The molecule has 1 aliphatic rings. The lowest BCUT2D eigenvalue weighted by atomic mass is 9.64. The number of hydrogen-bond acceptors (Lipinski definition) is 1. The first kappa shape index (κ1) is 13.0. The van der Waals surface area contributed by atoms with Crippen LogP contribution < -0.4 is 5.32 Å². The van der Waals surface area contributed by atoms with Crippen LogP contribution in [0.4, 0.5) is 0 Å². The highest BCUT2D eigenvalue weighted by Crippen LogP contribution is 2.43. The molecule has 3 heteroatoms. The van der Waals surface area contributed by atoms with Gasteiger partial charge in [0.15, 0.2) is 0 Å². The van der Waals surface area contributed by atoms with Crippen LogP contribution in [0.25, 0.3) is 0 Å². The SMILES string of the molecule is Cn1cccc1C(=O)NCC1(c2ccccc2)CCC1. The Labute approximate surface area is 119 Å². The molecule has 104 valence electrons. The smallest absolute Gasteiger partial charge is 0.267 e. The molecule has 3 rings (SSSR count). The largest absolute Gasteiger partial charge is 0.350 e. The minimum absolute atomic E-state index is 0.0136. The van der Waals surface area contributed by atoms with Crippen molar-refractivity contribution in [1.82, 2.24) is 9.88 Å². The molecule has 2 aromatic rings. The zero-order valence-electron chi connectivity index (χ0n) is 11.8. The van der Waals surface area contributed by atoms with E-state index in [0.29, 0.717) is 5.69 Å². The summed E-state index contributed by atoms with van der Waals surface area (Å²) in [5.41, 5.74) is 2.20. The fourth-order valence-electron chi connectivity index (χ4n) is 3.00. The number of aromatic nitrogens is 1. The summed E-state index contributed by atoms with van der Waals surface area (Å²) < 4.78 is 1.85. The van der Waals surface area contributed by atoms with Crippen LogP contribution in [0.15, 0.2) is 48.7 Å². The maximum absolute atomic E-state index is 12.2. The van der Waals surface area contributed by atoms with Crippen LogP contribution >= 0.6 is 0 Å². The third-order valence-electron chi connectivity index (χ3n) is 4.46. The number of carbonyl (C=O) groups excluding carboxylic acids is 1. The Morgan fingerprint density at radius 1 is 1.20 bits per heavy atom. The monoisotopic (exact) mass is 268 g/mol. The van der Waals surface area contributed by atoms with Crippen molar-refractivity contribution in [3.8, 4) is 0 Å². The van der Waals surface area contributed by atoms with E-state index in [1.165, 1.54) is 12.0 Å². The van der Waals surface area contributed by atoms with E-state index in [9.17, 15) is 4.79 Å². The summed E-state index contributed by atoms with van der Waals surface area (Å²) in [7, 11) is 1.89. The van der Waals surface area contributed by atoms with Crippen LogP contribution in [0.2, 0.25) is 0 Å². The highest BCUT2D eigenvalue weighted by Gasteiger charge is 2.38. The topological polar surface area (TPSA) is 34.0 Å². The van der Waals surface area contributed by atoms with E-state index >= 15 is 0 Å². The Balaban J connectivity index is 1.71. The number of nitrogens with one attached hydrogen (secondary N) is 1. The van der Waals surface area contributed by atoms with Crippen molar-refractivity contribution in [2.75, 3.05) is 6.54 Å². The zero-order valence-corrected chi connectivity index (χ0v) is 11.8. The molecule has 0 unspecified atom stereocenters. The molecular weight excluding hydrogens is 248 g/mol. The number of nitrogens with zero attached hydrogens (tertiary/aromatic N) is 1. The van der Waals surface area contributed by atoms with Gasteiger partial charge in [0, 0.05) is 25.2 Å². The molecule has 0 bridgehead atoms. The minimum Gasteiger partial charge on any atom is -0.350 e. The first-order valence-corrected chi connectivity index (χ1v) is 7.16. The minimum atomic E-state index is 0.0136. The normalized spacial score (nSPS) is 16.4. The molecule has 1 heterocycles. The third-order valence-corrected chi connectivity index (χ3v) is 4.46. The second-order valence-electron chi connectivity index (χ2n) is 5.69. The van der Waals surface area contributed by atoms with Gasteiger partial charge in [-0.15, -0.1) is 0 Å². The number of rotatable bonds is 4. The van der Waals surface area contributed by atoms with Crippen molar-refractivity contribution in [2.24, 2.45) is 7.05 Å². The van der Waals surface area contributed by atoms with Gasteiger partial charge in [-0.2, -0.15) is 0 Å². The molecule has 20 heavy (non-hydrogen) atoms. The molecular formula is C17H20N2O.